The lowest BCUT2D eigenvalue weighted by Crippen LogP contribution is -2.09. The van der Waals surface area contributed by atoms with E-state index in [1.54, 1.807) is 0 Å². The highest BCUT2D eigenvalue weighted by Crippen LogP contribution is 2.41. The van der Waals surface area contributed by atoms with Crippen molar-refractivity contribution >= 4 is 5.71 Å². The summed E-state index contributed by atoms with van der Waals surface area (Å²) < 4.78 is 0. The van der Waals surface area contributed by atoms with Crippen LogP contribution in [0.2, 0.25) is 0 Å². The molecule has 1 rings (SSSR count). The summed E-state index contributed by atoms with van der Waals surface area (Å²) in [6.45, 7) is 12.2. The summed E-state index contributed by atoms with van der Waals surface area (Å²) in [5, 5.41) is 0. The molecule has 0 N–H and O–H groups in total. The lowest BCUT2D eigenvalue weighted by Gasteiger charge is -2.13. The van der Waals surface area contributed by atoms with E-state index >= 15 is 0 Å². The molecule has 0 heterocycles. The largest absolute Gasteiger partial charge is 0.293 e. The van der Waals surface area contributed by atoms with Gasteiger partial charge in [-0.05, 0) is 11.8 Å². The Kier molecular flexibility index (Phi) is 1.85. The fourth-order valence-electron chi connectivity index (χ4n) is 0.977. The standard InChI is InChI=1S/C10H19N/c1-9(2,3)7-11-8-6-10(8,4)5/h6-7H2,1-5H3. The molecule has 0 radical (unpaired) electrons. The van der Waals surface area contributed by atoms with E-state index in [9.17, 15) is 0 Å². The molecule has 0 spiro atoms. The van der Waals surface area contributed by atoms with Gasteiger partial charge in [-0.2, -0.15) is 0 Å². The van der Waals surface area contributed by atoms with Crippen LogP contribution in [0.4, 0.5) is 0 Å². The molecule has 0 unspecified atom stereocenters. The van der Waals surface area contributed by atoms with Crippen molar-refractivity contribution in [2.45, 2.75) is 41.0 Å². The molecule has 0 amide bonds. The molecule has 1 aliphatic carbocycles. The minimum atomic E-state index is 0.353. The number of nitrogens with zero attached hydrogens (tertiary/aromatic N) is 1. The number of hydrogen-bond acceptors (Lipinski definition) is 1. The normalized spacial score (nSPS) is 25.7. The van der Waals surface area contributed by atoms with Crippen molar-refractivity contribution in [3.8, 4) is 0 Å². The van der Waals surface area contributed by atoms with Crippen LogP contribution in [0.5, 0.6) is 0 Å². The molecule has 1 heteroatoms. The molecule has 64 valence electrons. The van der Waals surface area contributed by atoms with Crippen LogP contribution in [0.15, 0.2) is 4.99 Å². The second kappa shape index (κ2) is 2.33. The first-order valence-electron chi connectivity index (χ1n) is 4.35. The van der Waals surface area contributed by atoms with Crippen LogP contribution in [0, 0.1) is 10.8 Å². The molecule has 1 aliphatic rings. The van der Waals surface area contributed by atoms with E-state index in [2.05, 4.69) is 39.6 Å². The van der Waals surface area contributed by atoms with Crippen LogP contribution in [-0.2, 0) is 0 Å². The fourth-order valence-corrected chi connectivity index (χ4v) is 0.977. The molecular weight excluding hydrogens is 134 g/mol. The second-order valence-electron chi connectivity index (χ2n) is 5.38. The molecule has 0 aromatic heterocycles. The van der Waals surface area contributed by atoms with E-state index in [0.717, 1.165) is 6.54 Å². The zero-order chi connectivity index (χ0) is 8.70. The molecule has 0 bridgehead atoms. The Morgan fingerprint density at radius 2 is 1.82 bits per heavy atom. The van der Waals surface area contributed by atoms with Crippen molar-refractivity contribution in [3.05, 3.63) is 0 Å². The Morgan fingerprint density at radius 1 is 1.36 bits per heavy atom. The Bertz CT molecular complexity index is 182. The molecule has 11 heavy (non-hydrogen) atoms. The van der Waals surface area contributed by atoms with Crippen molar-refractivity contribution < 1.29 is 0 Å². The van der Waals surface area contributed by atoms with Gasteiger partial charge in [-0.25, -0.2) is 0 Å². The average Bonchev–Trinajstić information content (AvgIpc) is 2.33. The van der Waals surface area contributed by atoms with E-state index in [1.165, 1.54) is 12.1 Å². The minimum absolute atomic E-state index is 0.353. The maximum absolute atomic E-state index is 4.58. The van der Waals surface area contributed by atoms with Gasteiger partial charge < -0.3 is 0 Å². The molecule has 0 saturated heterocycles. The van der Waals surface area contributed by atoms with E-state index in [1.807, 2.05) is 0 Å². The van der Waals surface area contributed by atoms with Crippen LogP contribution in [0.3, 0.4) is 0 Å². The highest BCUT2D eigenvalue weighted by atomic mass is 14.8. The Morgan fingerprint density at radius 3 is 2.09 bits per heavy atom. The zero-order valence-electron chi connectivity index (χ0n) is 8.36. The number of hydrogen-bond donors (Lipinski definition) is 0. The van der Waals surface area contributed by atoms with Gasteiger partial charge in [0.2, 0.25) is 0 Å². The summed E-state index contributed by atoms with van der Waals surface area (Å²) in [6, 6.07) is 0. The molecule has 0 aromatic rings. The van der Waals surface area contributed by atoms with Crippen LogP contribution in [-0.4, -0.2) is 12.3 Å². The first kappa shape index (κ1) is 8.76. The topological polar surface area (TPSA) is 12.4 Å². The molecule has 0 aliphatic heterocycles. The summed E-state index contributed by atoms with van der Waals surface area (Å²) in [5.41, 5.74) is 2.20. The molecule has 1 nitrogen and oxygen atoms in total. The van der Waals surface area contributed by atoms with Gasteiger partial charge in [0.1, 0.15) is 0 Å². The van der Waals surface area contributed by atoms with Crippen LogP contribution in [0.25, 0.3) is 0 Å². The van der Waals surface area contributed by atoms with Crippen molar-refractivity contribution in [1.29, 1.82) is 0 Å². The lowest BCUT2D eigenvalue weighted by molar-refractivity contribution is 0.429. The summed E-state index contributed by atoms with van der Waals surface area (Å²) in [4.78, 5) is 4.58. The molecular formula is C10H19N. The van der Waals surface area contributed by atoms with Crippen molar-refractivity contribution in [1.82, 2.24) is 0 Å². The van der Waals surface area contributed by atoms with E-state index in [-0.39, 0.29) is 0 Å². The number of rotatable bonds is 1. The van der Waals surface area contributed by atoms with E-state index in [0.29, 0.717) is 10.8 Å². The Hall–Kier alpha value is -0.330. The summed E-state index contributed by atoms with van der Waals surface area (Å²) in [5.74, 6) is 0. The van der Waals surface area contributed by atoms with Gasteiger partial charge in [-0.3, -0.25) is 4.99 Å². The molecule has 0 aromatic carbocycles. The Balaban J connectivity index is 2.40. The maximum atomic E-state index is 4.58. The quantitative estimate of drug-likeness (QED) is 0.549. The maximum Gasteiger partial charge on any atom is 0.0437 e. The molecule has 1 fully saturated rings. The highest BCUT2D eigenvalue weighted by molar-refractivity contribution is 6.04. The highest BCUT2D eigenvalue weighted by Gasteiger charge is 2.40. The van der Waals surface area contributed by atoms with Gasteiger partial charge in [0, 0.05) is 17.7 Å². The zero-order valence-corrected chi connectivity index (χ0v) is 8.36. The summed E-state index contributed by atoms with van der Waals surface area (Å²) >= 11 is 0. The summed E-state index contributed by atoms with van der Waals surface area (Å²) in [7, 11) is 0. The first-order chi connectivity index (χ1) is 4.81. The second-order valence-corrected chi connectivity index (χ2v) is 5.38. The average molecular weight is 153 g/mol. The van der Waals surface area contributed by atoms with E-state index < -0.39 is 0 Å². The Labute approximate surface area is 69.9 Å². The smallest absolute Gasteiger partial charge is 0.0437 e. The number of aliphatic imine (C=N–C) groups is 1. The summed E-state index contributed by atoms with van der Waals surface area (Å²) in [6.07, 6.45) is 1.21. The monoisotopic (exact) mass is 153 g/mol. The third kappa shape index (κ3) is 2.64. The van der Waals surface area contributed by atoms with Crippen LogP contribution >= 0.6 is 0 Å². The van der Waals surface area contributed by atoms with Gasteiger partial charge in [0.05, 0.1) is 0 Å². The van der Waals surface area contributed by atoms with Crippen molar-refractivity contribution in [3.63, 3.8) is 0 Å². The predicted octanol–water partition coefficient (Wildman–Crippen LogP) is 2.90. The molecule has 0 atom stereocenters. The fraction of sp³-hybridized carbons (Fsp3) is 0.900. The van der Waals surface area contributed by atoms with Crippen LogP contribution < -0.4 is 0 Å². The van der Waals surface area contributed by atoms with E-state index in [4.69, 9.17) is 0 Å². The van der Waals surface area contributed by atoms with Crippen LogP contribution in [0.1, 0.15) is 41.0 Å². The van der Waals surface area contributed by atoms with Gasteiger partial charge >= 0.3 is 0 Å². The van der Waals surface area contributed by atoms with Crippen molar-refractivity contribution in [2.24, 2.45) is 15.8 Å². The SMILES string of the molecule is CC(C)(C)CN=C1CC1(C)C. The first-order valence-corrected chi connectivity index (χ1v) is 4.35. The lowest BCUT2D eigenvalue weighted by atomic mass is 9.97. The van der Waals surface area contributed by atoms with Crippen molar-refractivity contribution in [2.75, 3.05) is 6.54 Å². The third-order valence-electron chi connectivity index (χ3n) is 2.01. The van der Waals surface area contributed by atoms with Gasteiger partial charge in [-0.1, -0.05) is 34.6 Å². The van der Waals surface area contributed by atoms with Gasteiger partial charge in [-0.15, -0.1) is 0 Å². The van der Waals surface area contributed by atoms with Gasteiger partial charge in [0.15, 0.2) is 0 Å². The van der Waals surface area contributed by atoms with Gasteiger partial charge in [0.25, 0.3) is 0 Å². The predicted molar refractivity (Wildman–Crippen MR) is 50.2 cm³/mol. The third-order valence-corrected chi connectivity index (χ3v) is 2.01. The minimum Gasteiger partial charge on any atom is -0.293 e. The molecule has 1 saturated carbocycles.